The smallest absolute Gasteiger partial charge is 0.243 e. The first-order valence-electron chi connectivity index (χ1n) is 8.92. The third kappa shape index (κ3) is 6.10. The van der Waals surface area contributed by atoms with E-state index in [0.29, 0.717) is 26.1 Å². The van der Waals surface area contributed by atoms with Crippen LogP contribution >= 0.6 is 0 Å². The molecule has 0 aliphatic heterocycles. The number of rotatable bonds is 10. The predicted octanol–water partition coefficient (Wildman–Crippen LogP) is 1.29. The lowest BCUT2D eigenvalue weighted by molar-refractivity contribution is -0.128. The molecule has 8 heteroatoms. The molecule has 0 fully saturated rings. The molecule has 0 aliphatic rings. The van der Waals surface area contributed by atoms with Gasteiger partial charge in [0.2, 0.25) is 21.8 Å². The first-order valence-corrected chi connectivity index (χ1v) is 10.4. The molecule has 0 bridgehead atoms. The highest BCUT2D eigenvalue weighted by Crippen LogP contribution is 2.16. The highest BCUT2D eigenvalue weighted by atomic mass is 32.2. The molecule has 0 saturated heterocycles. The van der Waals surface area contributed by atoms with E-state index in [1.807, 2.05) is 6.92 Å². The third-order valence-corrected chi connectivity index (χ3v) is 6.09. The zero-order valence-corrected chi connectivity index (χ0v) is 16.7. The summed E-state index contributed by atoms with van der Waals surface area (Å²) in [4.78, 5) is 23.8. The number of carbonyl (C=O) groups is 2. The number of carbonyl (C=O) groups excluding carboxylic acids is 2. The van der Waals surface area contributed by atoms with E-state index in [4.69, 9.17) is 0 Å². The first kappa shape index (κ1) is 22.1. The summed E-state index contributed by atoms with van der Waals surface area (Å²) in [6, 6.07) is 5.99. The van der Waals surface area contributed by atoms with Crippen molar-refractivity contribution in [2.24, 2.45) is 0 Å². The Bertz CT molecular complexity index is 698. The number of nitrogens with one attached hydrogen (secondary N) is 2. The Morgan fingerprint density at radius 2 is 1.65 bits per heavy atom. The van der Waals surface area contributed by atoms with Crippen LogP contribution in [0.3, 0.4) is 0 Å². The first-order chi connectivity index (χ1) is 12.3. The maximum Gasteiger partial charge on any atom is 0.243 e. The second-order valence-electron chi connectivity index (χ2n) is 5.92. The molecule has 1 atom stereocenters. The molecule has 26 heavy (non-hydrogen) atoms. The normalized spacial score (nSPS) is 12.7. The summed E-state index contributed by atoms with van der Waals surface area (Å²) < 4.78 is 26.3. The van der Waals surface area contributed by atoms with Gasteiger partial charge in [-0.2, -0.15) is 4.31 Å². The number of aryl methyl sites for hydroxylation is 1. The summed E-state index contributed by atoms with van der Waals surface area (Å²) in [5.74, 6) is -0.435. The van der Waals surface area contributed by atoms with Crippen LogP contribution in [-0.4, -0.2) is 50.2 Å². The second-order valence-corrected chi connectivity index (χ2v) is 7.85. The van der Waals surface area contributed by atoms with E-state index in [2.05, 4.69) is 10.6 Å². The summed E-state index contributed by atoms with van der Waals surface area (Å²) in [7, 11) is -3.47. The van der Waals surface area contributed by atoms with Crippen LogP contribution in [-0.2, 0) is 26.0 Å². The molecule has 1 aromatic rings. The lowest BCUT2D eigenvalue weighted by Gasteiger charge is -2.18. The van der Waals surface area contributed by atoms with Gasteiger partial charge in [-0.15, -0.1) is 0 Å². The Hall–Kier alpha value is -1.93. The number of amides is 2. The molecule has 0 saturated carbocycles. The number of likely N-dealkylation sites (N-methyl/N-ethyl adjacent to an activating group) is 1. The molecular weight excluding hydrogens is 354 g/mol. The van der Waals surface area contributed by atoms with Gasteiger partial charge in [-0.1, -0.05) is 26.0 Å². The molecular formula is C18H29N3O4S. The number of hydrogen-bond acceptors (Lipinski definition) is 4. The van der Waals surface area contributed by atoms with Crippen molar-refractivity contribution >= 4 is 21.8 Å². The number of nitrogens with zero attached hydrogens (tertiary/aromatic N) is 1. The topological polar surface area (TPSA) is 95.6 Å². The molecule has 0 aromatic heterocycles. The molecule has 0 unspecified atom stereocenters. The van der Waals surface area contributed by atoms with Gasteiger partial charge in [0, 0.05) is 26.1 Å². The van der Waals surface area contributed by atoms with Crippen molar-refractivity contribution in [2.75, 3.05) is 19.6 Å². The van der Waals surface area contributed by atoms with Crippen molar-refractivity contribution in [3.8, 4) is 0 Å². The summed E-state index contributed by atoms with van der Waals surface area (Å²) in [5.41, 5.74) is 0.865. The zero-order chi connectivity index (χ0) is 19.7. The molecule has 1 aromatic carbocycles. The van der Waals surface area contributed by atoms with Crippen molar-refractivity contribution in [1.29, 1.82) is 0 Å². The van der Waals surface area contributed by atoms with Gasteiger partial charge in [0.15, 0.2) is 0 Å². The summed E-state index contributed by atoms with van der Waals surface area (Å²) in [5, 5.41) is 5.30. The largest absolute Gasteiger partial charge is 0.355 e. The van der Waals surface area contributed by atoms with E-state index in [9.17, 15) is 18.0 Å². The molecule has 1 rings (SSSR count). The minimum atomic E-state index is -3.47. The van der Waals surface area contributed by atoms with Crippen LogP contribution in [0.15, 0.2) is 29.2 Å². The second kappa shape index (κ2) is 10.3. The van der Waals surface area contributed by atoms with Crippen LogP contribution < -0.4 is 10.6 Å². The predicted molar refractivity (Wildman–Crippen MR) is 101 cm³/mol. The monoisotopic (exact) mass is 383 g/mol. The van der Waals surface area contributed by atoms with Crippen molar-refractivity contribution in [3.05, 3.63) is 29.8 Å². The lowest BCUT2D eigenvalue weighted by atomic mass is 10.1. The number of hydrogen-bond donors (Lipinski definition) is 2. The van der Waals surface area contributed by atoms with E-state index in [-0.39, 0.29) is 23.1 Å². The Kier molecular flexibility index (Phi) is 8.74. The highest BCUT2D eigenvalue weighted by molar-refractivity contribution is 7.89. The van der Waals surface area contributed by atoms with Crippen LogP contribution in [0.4, 0.5) is 0 Å². The number of benzene rings is 1. The van der Waals surface area contributed by atoms with Crippen LogP contribution in [0.25, 0.3) is 0 Å². The SMILES string of the molecule is CCNC(=O)[C@H](C)NC(=O)CCc1ccc(S(=O)(=O)N(CC)CC)cc1. The lowest BCUT2D eigenvalue weighted by Crippen LogP contribution is -2.44. The molecule has 0 radical (unpaired) electrons. The van der Waals surface area contributed by atoms with Crippen LogP contribution in [0.5, 0.6) is 0 Å². The van der Waals surface area contributed by atoms with Gasteiger partial charge in [0.1, 0.15) is 6.04 Å². The molecule has 0 spiro atoms. The fraction of sp³-hybridized carbons (Fsp3) is 0.556. The summed E-state index contributed by atoms with van der Waals surface area (Å²) in [6.07, 6.45) is 0.700. The zero-order valence-electron chi connectivity index (χ0n) is 15.9. The standard InChI is InChI=1S/C18H29N3O4S/c1-5-19-18(23)14(4)20-17(22)13-10-15-8-11-16(12-9-15)26(24,25)21(6-2)7-3/h8-9,11-12,14H,5-7,10,13H2,1-4H3,(H,19,23)(H,20,22)/t14-/m0/s1. The van der Waals surface area contributed by atoms with Crippen molar-refractivity contribution in [2.45, 2.75) is 51.5 Å². The maximum absolute atomic E-state index is 12.4. The van der Waals surface area contributed by atoms with Crippen LogP contribution in [0, 0.1) is 0 Å². The van der Waals surface area contributed by atoms with Gasteiger partial charge in [0.25, 0.3) is 0 Å². The summed E-state index contributed by atoms with van der Waals surface area (Å²) >= 11 is 0. The number of sulfonamides is 1. The molecule has 2 amide bonds. The van der Waals surface area contributed by atoms with Gasteiger partial charge in [-0.3, -0.25) is 9.59 Å². The molecule has 146 valence electrons. The van der Waals surface area contributed by atoms with Gasteiger partial charge in [-0.25, -0.2) is 8.42 Å². The highest BCUT2D eigenvalue weighted by Gasteiger charge is 2.21. The van der Waals surface area contributed by atoms with Gasteiger partial charge in [-0.05, 0) is 38.0 Å². The van der Waals surface area contributed by atoms with Gasteiger partial charge >= 0.3 is 0 Å². The summed E-state index contributed by atoms with van der Waals surface area (Å²) in [6.45, 7) is 8.41. The van der Waals surface area contributed by atoms with E-state index < -0.39 is 16.1 Å². The molecule has 2 N–H and O–H groups in total. The van der Waals surface area contributed by atoms with E-state index in [0.717, 1.165) is 5.56 Å². The van der Waals surface area contributed by atoms with Crippen molar-refractivity contribution in [1.82, 2.24) is 14.9 Å². The Balaban J connectivity index is 2.63. The van der Waals surface area contributed by atoms with E-state index in [1.54, 1.807) is 45.0 Å². The van der Waals surface area contributed by atoms with E-state index >= 15 is 0 Å². The fourth-order valence-electron chi connectivity index (χ4n) is 2.51. The molecule has 0 heterocycles. The quantitative estimate of drug-likeness (QED) is 0.636. The minimum Gasteiger partial charge on any atom is -0.355 e. The fourth-order valence-corrected chi connectivity index (χ4v) is 3.96. The average molecular weight is 384 g/mol. The van der Waals surface area contributed by atoms with Crippen LogP contribution in [0.1, 0.15) is 39.7 Å². The van der Waals surface area contributed by atoms with Gasteiger partial charge in [0.05, 0.1) is 4.90 Å². The molecule has 0 aliphatic carbocycles. The van der Waals surface area contributed by atoms with Crippen molar-refractivity contribution < 1.29 is 18.0 Å². The molecule has 7 nitrogen and oxygen atoms in total. The Labute approximate surface area is 156 Å². The van der Waals surface area contributed by atoms with Crippen molar-refractivity contribution in [3.63, 3.8) is 0 Å². The Morgan fingerprint density at radius 1 is 1.08 bits per heavy atom. The third-order valence-electron chi connectivity index (χ3n) is 4.03. The Morgan fingerprint density at radius 3 is 2.15 bits per heavy atom. The van der Waals surface area contributed by atoms with Crippen LogP contribution in [0.2, 0.25) is 0 Å². The van der Waals surface area contributed by atoms with E-state index in [1.165, 1.54) is 4.31 Å². The maximum atomic E-state index is 12.4. The van der Waals surface area contributed by atoms with Gasteiger partial charge < -0.3 is 10.6 Å². The minimum absolute atomic E-state index is 0.216. The average Bonchev–Trinajstić information content (AvgIpc) is 2.61.